The number of hydrogen-bond acceptors (Lipinski definition) is 3. The van der Waals surface area contributed by atoms with Crippen LogP contribution in [0, 0.1) is 19.8 Å². The standard InChI is InChI=1S/C24H32N2O2/c1-18-7-9-23(10-8-18)28-17-20(3)25-24(27)22-11-13-26(14-12-22)16-21-6-4-5-19(2)15-21/h4-10,15,20,22H,11-14,16-17H2,1-3H3,(H,25,27). The fourth-order valence-corrected chi connectivity index (χ4v) is 3.68. The molecule has 0 aromatic heterocycles. The van der Waals surface area contributed by atoms with Gasteiger partial charge in [0.15, 0.2) is 0 Å². The summed E-state index contributed by atoms with van der Waals surface area (Å²) in [4.78, 5) is 15.0. The second-order valence-corrected chi connectivity index (χ2v) is 8.07. The molecular weight excluding hydrogens is 348 g/mol. The highest BCUT2D eigenvalue weighted by atomic mass is 16.5. The van der Waals surface area contributed by atoms with Gasteiger partial charge in [-0.2, -0.15) is 0 Å². The normalized spacial score (nSPS) is 16.5. The molecule has 0 aliphatic carbocycles. The predicted molar refractivity (Wildman–Crippen MR) is 113 cm³/mol. The maximum absolute atomic E-state index is 12.6. The number of hydrogen-bond donors (Lipinski definition) is 1. The number of piperidine rings is 1. The van der Waals surface area contributed by atoms with Crippen molar-refractivity contribution < 1.29 is 9.53 Å². The molecule has 4 nitrogen and oxygen atoms in total. The third kappa shape index (κ3) is 6.10. The van der Waals surface area contributed by atoms with Crippen molar-refractivity contribution in [1.29, 1.82) is 0 Å². The van der Waals surface area contributed by atoms with E-state index in [0.29, 0.717) is 6.61 Å². The van der Waals surface area contributed by atoms with Crippen molar-refractivity contribution in [2.24, 2.45) is 5.92 Å². The summed E-state index contributed by atoms with van der Waals surface area (Å²) in [6.07, 6.45) is 1.84. The van der Waals surface area contributed by atoms with Gasteiger partial charge < -0.3 is 10.1 Å². The van der Waals surface area contributed by atoms with Gasteiger partial charge in [-0.25, -0.2) is 0 Å². The Bertz CT molecular complexity index is 764. The lowest BCUT2D eigenvalue weighted by atomic mass is 9.95. The Labute approximate surface area is 168 Å². The Morgan fingerprint density at radius 3 is 2.50 bits per heavy atom. The lowest BCUT2D eigenvalue weighted by molar-refractivity contribution is -0.127. The van der Waals surface area contributed by atoms with Gasteiger partial charge in [0.2, 0.25) is 5.91 Å². The van der Waals surface area contributed by atoms with E-state index in [9.17, 15) is 4.79 Å². The smallest absolute Gasteiger partial charge is 0.223 e. The number of rotatable bonds is 7. The number of amides is 1. The van der Waals surface area contributed by atoms with Gasteiger partial charge in [0.05, 0.1) is 6.04 Å². The van der Waals surface area contributed by atoms with Crippen LogP contribution < -0.4 is 10.1 Å². The molecule has 1 N–H and O–H groups in total. The second-order valence-electron chi connectivity index (χ2n) is 8.07. The van der Waals surface area contributed by atoms with E-state index in [1.165, 1.54) is 16.7 Å². The fourth-order valence-electron chi connectivity index (χ4n) is 3.68. The SMILES string of the molecule is Cc1ccc(OCC(C)NC(=O)C2CCN(Cc3cccc(C)c3)CC2)cc1. The summed E-state index contributed by atoms with van der Waals surface area (Å²) in [6, 6.07) is 16.7. The summed E-state index contributed by atoms with van der Waals surface area (Å²) < 4.78 is 5.78. The van der Waals surface area contributed by atoms with Gasteiger partial charge >= 0.3 is 0 Å². The molecule has 28 heavy (non-hydrogen) atoms. The van der Waals surface area contributed by atoms with E-state index in [1.807, 2.05) is 31.2 Å². The van der Waals surface area contributed by atoms with Crippen LogP contribution >= 0.6 is 0 Å². The first-order chi connectivity index (χ1) is 13.5. The van der Waals surface area contributed by atoms with Crippen LogP contribution in [0.15, 0.2) is 48.5 Å². The molecule has 2 aromatic carbocycles. The number of aryl methyl sites for hydroxylation is 2. The van der Waals surface area contributed by atoms with E-state index in [-0.39, 0.29) is 17.9 Å². The molecule has 1 fully saturated rings. The minimum atomic E-state index is -0.000809. The van der Waals surface area contributed by atoms with Gasteiger partial charge in [0.1, 0.15) is 12.4 Å². The molecule has 4 heteroatoms. The van der Waals surface area contributed by atoms with E-state index in [0.717, 1.165) is 38.2 Å². The first kappa shape index (κ1) is 20.4. The molecule has 1 aliphatic rings. The zero-order chi connectivity index (χ0) is 19.9. The summed E-state index contributed by atoms with van der Waals surface area (Å²) in [5.74, 6) is 1.11. The number of nitrogens with zero attached hydrogens (tertiary/aromatic N) is 1. The Morgan fingerprint density at radius 2 is 1.82 bits per heavy atom. The zero-order valence-corrected chi connectivity index (χ0v) is 17.3. The molecule has 1 saturated heterocycles. The fraction of sp³-hybridized carbons (Fsp3) is 0.458. The second kappa shape index (κ2) is 9.74. The number of carbonyl (C=O) groups is 1. The molecule has 0 bridgehead atoms. The Balaban J connectivity index is 1.38. The highest BCUT2D eigenvalue weighted by Gasteiger charge is 2.25. The van der Waals surface area contributed by atoms with Crippen LogP contribution in [0.3, 0.4) is 0 Å². The molecule has 1 amide bonds. The van der Waals surface area contributed by atoms with Crippen LogP contribution in [-0.4, -0.2) is 36.5 Å². The maximum Gasteiger partial charge on any atom is 0.223 e. The molecule has 0 spiro atoms. The summed E-state index contributed by atoms with van der Waals surface area (Å²) in [7, 11) is 0. The van der Waals surface area contributed by atoms with Gasteiger partial charge in [-0.15, -0.1) is 0 Å². The lowest BCUT2D eigenvalue weighted by Crippen LogP contribution is -2.44. The van der Waals surface area contributed by atoms with Crippen molar-refractivity contribution in [3.8, 4) is 5.75 Å². The zero-order valence-electron chi connectivity index (χ0n) is 17.3. The van der Waals surface area contributed by atoms with E-state index >= 15 is 0 Å². The largest absolute Gasteiger partial charge is 0.491 e. The van der Waals surface area contributed by atoms with Crippen LogP contribution in [0.25, 0.3) is 0 Å². The first-order valence-corrected chi connectivity index (χ1v) is 10.3. The summed E-state index contributed by atoms with van der Waals surface area (Å²) in [5, 5.41) is 3.12. The summed E-state index contributed by atoms with van der Waals surface area (Å²) in [6.45, 7) is 9.58. The van der Waals surface area contributed by atoms with Crippen molar-refractivity contribution in [3.05, 3.63) is 65.2 Å². The lowest BCUT2D eigenvalue weighted by Gasteiger charge is -2.32. The van der Waals surface area contributed by atoms with Gasteiger partial charge in [-0.3, -0.25) is 9.69 Å². The minimum Gasteiger partial charge on any atom is -0.491 e. The molecule has 3 rings (SSSR count). The number of ether oxygens (including phenoxy) is 1. The molecule has 2 aromatic rings. The van der Waals surface area contributed by atoms with Crippen LogP contribution in [-0.2, 0) is 11.3 Å². The van der Waals surface area contributed by atoms with Crippen LogP contribution in [0.2, 0.25) is 0 Å². The van der Waals surface area contributed by atoms with E-state index in [4.69, 9.17) is 4.74 Å². The van der Waals surface area contributed by atoms with Crippen LogP contribution in [0.4, 0.5) is 0 Å². The Kier molecular flexibility index (Phi) is 7.10. The van der Waals surface area contributed by atoms with Crippen molar-refractivity contribution in [2.75, 3.05) is 19.7 Å². The molecule has 0 saturated carbocycles. The summed E-state index contributed by atoms with van der Waals surface area (Å²) >= 11 is 0. The number of likely N-dealkylation sites (tertiary alicyclic amines) is 1. The first-order valence-electron chi connectivity index (χ1n) is 10.3. The van der Waals surface area contributed by atoms with Crippen LogP contribution in [0.1, 0.15) is 36.5 Å². The number of nitrogens with one attached hydrogen (secondary N) is 1. The highest BCUT2D eigenvalue weighted by Crippen LogP contribution is 2.20. The topological polar surface area (TPSA) is 41.6 Å². The minimum absolute atomic E-state index is 0.000809. The van der Waals surface area contributed by atoms with E-state index in [1.54, 1.807) is 0 Å². The Morgan fingerprint density at radius 1 is 1.11 bits per heavy atom. The van der Waals surface area contributed by atoms with Gasteiger partial charge in [0, 0.05) is 12.5 Å². The third-order valence-corrected chi connectivity index (χ3v) is 5.36. The van der Waals surface area contributed by atoms with Crippen molar-refractivity contribution >= 4 is 5.91 Å². The quantitative estimate of drug-likeness (QED) is 0.786. The van der Waals surface area contributed by atoms with Gasteiger partial charge in [-0.1, -0.05) is 47.5 Å². The van der Waals surface area contributed by atoms with E-state index in [2.05, 4.69) is 48.3 Å². The molecule has 1 unspecified atom stereocenters. The molecule has 1 heterocycles. The molecule has 0 radical (unpaired) electrons. The average molecular weight is 381 g/mol. The molecule has 1 aliphatic heterocycles. The number of benzene rings is 2. The van der Waals surface area contributed by atoms with Crippen molar-refractivity contribution in [3.63, 3.8) is 0 Å². The maximum atomic E-state index is 12.6. The summed E-state index contributed by atoms with van der Waals surface area (Å²) in [5.41, 5.74) is 3.86. The molecule has 150 valence electrons. The molecule has 1 atom stereocenters. The van der Waals surface area contributed by atoms with E-state index < -0.39 is 0 Å². The molecular formula is C24H32N2O2. The van der Waals surface area contributed by atoms with Gasteiger partial charge in [0.25, 0.3) is 0 Å². The average Bonchev–Trinajstić information content (AvgIpc) is 2.68. The van der Waals surface area contributed by atoms with Crippen LogP contribution in [0.5, 0.6) is 5.75 Å². The predicted octanol–water partition coefficient (Wildman–Crippen LogP) is 4.10. The van der Waals surface area contributed by atoms with Crippen molar-refractivity contribution in [1.82, 2.24) is 10.2 Å². The Hall–Kier alpha value is -2.33. The highest BCUT2D eigenvalue weighted by molar-refractivity contribution is 5.79. The third-order valence-electron chi connectivity index (χ3n) is 5.36. The van der Waals surface area contributed by atoms with Crippen molar-refractivity contribution in [2.45, 2.75) is 46.2 Å². The monoisotopic (exact) mass is 380 g/mol. The van der Waals surface area contributed by atoms with Gasteiger partial charge in [-0.05, 0) is 64.4 Å². The number of carbonyl (C=O) groups excluding carboxylic acids is 1.